The third kappa shape index (κ3) is 16.9. The van der Waals surface area contributed by atoms with Gasteiger partial charge >= 0.3 is 5.97 Å². The number of benzene rings is 1. The van der Waals surface area contributed by atoms with Gasteiger partial charge in [0.25, 0.3) is 0 Å². The second-order valence-electron chi connectivity index (χ2n) is 2.30. The summed E-state index contributed by atoms with van der Waals surface area (Å²) in [5.41, 5.74) is 0. The monoisotopic (exact) mass is 198 g/mol. The van der Waals surface area contributed by atoms with E-state index in [1.807, 2.05) is 43.3 Å². The quantitative estimate of drug-likeness (QED) is 0.765. The summed E-state index contributed by atoms with van der Waals surface area (Å²) in [7, 11) is 1.00. The number of carboxylic acid groups (broad SMARTS) is 1. The van der Waals surface area contributed by atoms with Gasteiger partial charge in [-0.1, -0.05) is 43.3 Å². The number of hydrogen-bond donors (Lipinski definition) is 2. The number of carboxylic acids is 1. The van der Waals surface area contributed by atoms with Crippen LogP contribution >= 0.6 is 0 Å². The van der Waals surface area contributed by atoms with Crippen LogP contribution in [-0.4, -0.2) is 23.3 Å². The van der Waals surface area contributed by atoms with Crippen LogP contribution in [-0.2, 0) is 4.79 Å². The summed E-state index contributed by atoms with van der Waals surface area (Å²) in [6.07, 6.45) is 1.02. The summed E-state index contributed by atoms with van der Waals surface area (Å²) in [4.78, 5) is 9.60. The molecule has 0 unspecified atom stereocenters. The van der Waals surface area contributed by atoms with E-state index in [-0.39, 0.29) is 0 Å². The molecule has 0 amide bonds. The molecule has 14 heavy (non-hydrogen) atoms. The van der Waals surface area contributed by atoms with E-state index in [0.29, 0.717) is 6.42 Å². The maximum absolute atomic E-state index is 9.60. The molecular weight excluding hydrogens is 180 g/mol. The molecule has 0 saturated heterocycles. The van der Waals surface area contributed by atoms with Gasteiger partial charge in [-0.15, -0.1) is 0 Å². The van der Waals surface area contributed by atoms with Gasteiger partial charge in [0, 0.05) is 13.5 Å². The van der Waals surface area contributed by atoms with Gasteiger partial charge in [-0.05, 0) is 6.42 Å². The third-order valence-electron chi connectivity index (χ3n) is 1.13. The van der Waals surface area contributed by atoms with Gasteiger partial charge in [-0.3, -0.25) is 4.79 Å². The van der Waals surface area contributed by atoms with Crippen LogP contribution in [0.5, 0.6) is 0 Å². The van der Waals surface area contributed by atoms with Crippen molar-refractivity contribution in [3.8, 4) is 0 Å². The highest BCUT2D eigenvalue weighted by Gasteiger charge is 1.87. The molecule has 3 nitrogen and oxygen atoms in total. The predicted molar refractivity (Wildman–Crippen MR) is 57.1 cm³/mol. The highest BCUT2D eigenvalue weighted by molar-refractivity contribution is 5.66. The average Bonchev–Trinajstić information content (AvgIpc) is 2.24. The summed E-state index contributed by atoms with van der Waals surface area (Å²) in [5.74, 6) is -0.711. The smallest absolute Gasteiger partial charge is 0.303 e. The molecule has 0 saturated carbocycles. The van der Waals surface area contributed by atoms with Gasteiger partial charge in [0.05, 0.1) is 0 Å². The maximum atomic E-state index is 9.60. The molecule has 0 aliphatic heterocycles. The minimum atomic E-state index is -0.711. The van der Waals surface area contributed by atoms with E-state index in [2.05, 4.69) is 0 Å². The lowest BCUT2D eigenvalue weighted by molar-refractivity contribution is -0.137. The molecule has 1 aromatic rings. The van der Waals surface area contributed by atoms with Crippen LogP contribution in [0.4, 0.5) is 0 Å². The molecule has 2 N–H and O–H groups in total. The molecule has 0 spiro atoms. The lowest BCUT2D eigenvalue weighted by Crippen LogP contribution is -1.90. The fourth-order valence-corrected chi connectivity index (χ4v) is 0.599. The standard InChI is InChI=1S/C6H6.C4H8O2.CH4O/c1-2-4-6-5-3-1;1-2-3-4(5)6;1-2/h1-6H;2-3H2,1H3,(H,5,6);2H,1H3. The average molecular weight is 198 g/mol. The Labute approximate surface area is 85.0 Å². The molecule has 0 heterocycles. The van der Waals surface area contributed by atoms with E-state index in [4.69, 9.17) is 10.2 Å². The lowest BCUT2D eigenvalue weighted by Gasteiger charge is -1.79. The van der Waals surface area contributed by atoms with Crippen molar-refractivity contribution in [1.29, 1.82) is 0 Å². The SMILES string of the molecule is CCCC(=O)O.CO.c1ccccc1. The summed E-state index contributed by atoms with van der Waals surface area (Å²) >= 11 is 0. The second kappa shape index (κ2) is 14.2. The summed E-state index contributed by atoms with van der Waals surface area (Å²) in [5, 5.41) is 14.9. The number of aliphatic hydroxyl groups is 1. The van der Waals surface area contributed by atoms with Crippen molar-refractivity contribution in [3.05, 3.63) is 36.4 Å². The zero-order chi connectivity index (χ0) is 11.2. The molecule has 80 valence electrons. The summed E-state index contributed by atoms with van der Waals surface area (Å²) in [6.45, 7) is 1.84. The van der Waals surface area contributed by atoms with Crippen molar-refractivity contribution >= 4 is 5.97 Å². The van der Waals surface area contributed by atoms with Gasteiger partial charge in [-0.25, -0.2) is 0 Å². The Kier molecular flexibility index (Phi) is 15.3. The minimum absolute atomic E-state index is 0.292. The molecule has 0 aliphatic carbocycles. The van der Waals surface area contributed by atoms with Crippen molar-refractivity contribution < 1.29 is 15.0 Å². The van der Waals surface area contributed by atoms with Crippen molar-refractivity contribution in [1.82, 2.24) is 0 Å². The van der Waals surface area contributed by atoms with Crippen LogP contribution in [0, 0.1) is 0 Å². The first-order valence-electron chi connectivity index (χ1n) is 4.44. The van der Waals surface area contributed by atoms with Crippen molar-refractivity contribution in [2.75, 3.05) is 7.11 Å². The number of rotatable bonds is 2. The Hall–Kier alpha value is -1.35. The normalized spacial score (nSPS) is 7.36. The number of hydrogen-bond acceptors (Lipinski definition) is 2. The first-order valence-corrected chi connectivity index (χ1v) is 4.44. The molecule has 0 radical (unpaired) electrons. The minimum Gasteiger partial charge on any atom is -0.481 e. The molecule has 3 heteroatoms. The van der Waals surface area contributed by atoms with Crippen molar-refractivity contribution in [2.24, 2.45) is 0 Å². The zero-order valence-electron chi connectivity index (χ0n) is 8.68. The molecule has 1 aromatic carbocycles. The van der Waals surface area contributed by atoms with Crippen LogP contribution in [0.2, 0.25) is 0 Å². The molecule has 0 atom stereocenters. The first-order chi connectivity index (χ1) is 6.77. The summed E-state index contributed by atoms with van der Waals surface area (Å²) in [6, 6.07) is 12.0. The van der Waals surface area contributed by atoms with E-state index in [1.165, 1.54) is 0 Å². The first kappa shape index (κ1) is 15.1. The van der Waals surface area contributed by atoms with Crippen LogP contribution < -0.4 is 0 Å². The molecule has 1 rings (SSSR count). The topological polar surface area (TPSA) is 57.5 Å². The van der Waals surface area contributed by atoms with E-state index in [0.717, 1.165) is 13.5 Å². The van der Waals surface area contributed by atoms with Crippen molar-refractivity contribution in [3.63, 3.8) is 0 Å². The molecule has 0 aliphatic rings. The van der Waals surface area contributed by atoms with Crippen LogP contribution in [0.3, 0.4) is 0 Å². The summed E-state index contributed by atoms with van der Waals surface area (Å²) < 4.78 is 0. The van der Waals surface area contributed by atoms with Gasteiger partial charge in [0.15, 0.2) is 0 Å². The van der Waals surface area contributed by atoms with E-state index < -0.39 is 5.97 Å². The highest BCUT2D eigenvalue weighted by Crippen LogP contribution is 1.82. The fourth-order valence-electron chi connectivity index (χ4n) is 0.599. The van der Waals surface area contributed by atoms with Gasteiger partial charge in [-0.2, -0.15) is 0 Å². The molecule has 0 fully saturated rings. The van der Waals surface area contributed by atoms with Gasteiger partial charge in [0.1, 0.15) is 0 Å². The Morgan fingerprint density at radius 3 is 1.36 bits per heavy atom. The van der Waals surface area contributed by atoms with Crippen LogP contribution in [0.25, 0.3) is 0 Å². The fraction of sp³-hybridized carbons (Fsp3) is 0.364. The van der Waals surface area contributed by atoms with Crippen LogP contribution in [0.1, 0.15) is 19.8 Å². The zero-order valence-corrected chi connectivity index (χ0v) is 8.68. The predicted octanol–water partition coefficient (Wildman–Crippen LogP) is 2.17. The molecule has 0 aromatic heterocycles. The molecular formula is C11H18O3. The third-order valence-corrected chi connectivity index (χ3v) is 1.13. The Balaban J connectivity index is 0. The Morgan fingerprint density at radius 2 is 1.29 bits per heavy atom. The Bertz CT molecular complexity index is 170. The lowest BCUT2D eigenvalue weighted by atomic mass is 10.4. The van der Waals surface area contributed by atoms with Gasteiger partial charge in [0.2, 0.25) is 0 Å². The largest absolute Gasteiger partial charge is 0.481 e. The molecule has 0 bridgehead atoms. The van der Waals surface area contributed by atoms with E-state index >= 15 is 0 Å². The Morgan fingerprint density at radius 1 is 1.00 bits per heavy atom. The number of aliphatic hydroxyl groups excluding tert-OH is 1. The number of carbonyl (C=O) groups is 1. The van der Waals surface area contributed by atoms with E-state index in [1.54, 1.807) is 0 Å². The van der Waals surface area contributed by atoms with Gasteiger partial charge < -0.3 is 10.2 Å². The van der Waals surface area contributed by atoms with Crippen LogP contribution in [0.15, 0.2) is 36.4 Å². The maximum Gasteiger partial charge on any atom is 0.303 e. The second-order valence-corrected chi connectivity index (χ2v) is 2.30. The van der Waals surface area contributed by atoms with E-state index in [9.17, 15) is 4.79 Å². The van der Waals surface area contributed by atoms with Crippen molar-refractivity contribution in [2.45, 2.75) is 19.8 Å². The highest BCUT2D eigenvalue weighted by atomic mass is 16.4. The number of aliphatic carboxylic acids is 1.